The van der Waals surface area contributed by atoms with Gasteiger partial charge in [-0.3, -0.25) is 0 Å². The molecule has 0 bridgehead atoms. The molecule has 0 amide bonds. The third-order valence-electron chi connectivity index (χ3n) is 3.52. The van der Waals surface area contributed by atoms with Crippen LogP contribution in [0.4, 0.5) is 6.01 Å². The van der Waals surface area contributed by atoms with Gasteiger partial charge in [-0.05, 0) is 32.7 Å². The Morgan fingerprint density at radius 2 is 2.17 bits per heavy atom. The average Bonchev–Trinajstić information content (AvgIpc) is 2.89. The SMILES string of the molecule is CNC(C)c1nnc(N2CCC(COC)CC2)o1. The van der Waals surface area contributed by atoms with E-state index in [2.05, 4.69) is 20.4 Å². The molecule has 1 unspecified atom stereocenters. The van der Waals surface area contributed by atoms with Gasteiger partial charge in [0.1, 0.15) is 0 Å². The van der Waals surface area contributed by atoms with Crippen molar-refractivity contribution < 1.29 is 9.15 Å². The van der Waals surface area contributed by atoms with Gasteiger partial charge in [-0.25, -0.2) is 0 Å². The molecule has 1 aromatic rings. The summed E-state index contributed by atoms with van der Waals surface area (Å²) in [5, 5.41) is 11.3. The van der Waals surface area contributed by atoms with Gasteiger partial charge in [0.25, 0.3) is 0 Å². The summed E-state index contributed by atoms with van der Waals surface area (Å²) in [6, 6.07) is 0.736. The normalized spacial score (nSPS) is 19.2. The van der Waals surface area contributed by atoms with E-state index in [1.165, 1.54) is 0 Å². The summed E-state index contributed by atoms with van der Waals surface area (Å²) in [6.07, 6.45) is 2.24. The first-order chi connectivity index (χ1) is 8.74. The van der Waals surface area contributed by atoms with Gasteiger partial charge < -0.3 is 19.4 Å². The van der Waals surface area contributed by atoms with Crippen LogP contribution in [0.1, 0.15) is 31.7 Å². The van der Waals surface area contributed by atoms with Gasteiger partial charge in [0.15, 0.2) is 0 Å². The van der Waals surface area contributed by atoms with E-state index in [9.17, 15) is 0 Å². The van der Waals surface area contributed by atoms with Crippen LogP contribution in [0.3, 0.4) is 0 Å². The summed E-state index contributed by atoms with van der Waals surface area (Å²) in [5.74, 6) is 1.30. The molecule has 6 heteroatoms. The van der Waals surface area contributed by atoms with Crippen LogP contribution in [0.25, 0.3) is 0 Å². The number of anilines is 1. The summed E-state index contributed by atoms with van der Waals surface area (Å²) in [6.45, 7) is 4.77. The molecule has 1 fully saturated rings. The molecule has 1 aliphatic rings. The van der Waals surface area contributed by atoms with Crippen LogP contribution in [0.15, 0.2) is 4.42 Å². The Morgan fingerprint density at radius 3 is 2.78 bits per heavy atom. The molecule has 102 valence electrons. The van der Waals surface area contributed by atoms with Crippen LogP contribution in [-0.4, -0.2) is 44.1 Å². The summed E-state index contributed by atoms with van der Waals surface area (Å²) < 4.78 is 10.9. The van der Waals surface area contributed by atoms with Gasteiger partial charge >= 0.3 is 6.01 Å². The van der Waals surface area contributed by atoms with Crippen molar-refractivity contribution in [1.29, 1.82) is 0 Å². The van der Waals surface area contributed by atoms with E-state index in [0.29, 0.717) is 17.8 Å². The van der Waals surface area contributed by atoms with Crippen molar-refractivity contribution in [2.45, 2.75) is 25.8 Å². The second-order valence-corrected chi connectivity index (χ2v) is 4.82. The predicted molar refractivity (Wildman–Crippen MR) is 68.6 cm³/mol. The zero-order chi connectivity index (χ0) is 13.0. The fourth-order valence-electron chi connectivity index (χ4n) is 2.18. The highest BCUT2D eigenvalue weighted by Gasteiger charge is 2.23. The highest BCUT2D eigenvalue weighted by atomic mass is 16.5. The third-order valence-corrected chi connectivity index (χ3v) is 3.52. The van der Waals surface area contributed by atoms with Crippen molar-refractivity contribution in [2.75, 3.05) is 38.8 Å². The Kier molecular flexibility index (Phi) is 4.54. The van der Waals surface area contributed by atoms with E-state index in [4.69, 9.17) is 9.15 Å². The second-order valence-electron chi connectivity index (χ2n) is 4.82. The molecule has 0 aromatic carbocycles. The highest BCUT2D eigenvalue weighted by Crippen LogP contribution is 2.23. The standard InChI is InChI=1S/C12H22N4O2/c1-9(13-2)11-14-15-12(18-11)16-6-4-10(5-7-16)8-17-3/h9-10,13H,4-8H2,1-3H3. The van der Waals surface area contributed by atoms with Gasteiger partial charge in [-0.2, -0.15) is 0 Å². The molecule has 0 saturated carbocycles. The van der Waals surface area contributed by atoms with Crippen molar-refractivity contribution in [3.05, 3.63) is 5.89 Å². The number of piperidine rings is 1. The van der Waals surface area contributed by atoms with Crippen LogP contribution in [0.2, 0.25) is 0 Å². The topological polar surface area (TPSA) is 63.4 Å². The maximum Gasteiger partial charge on any atom is 0.318 e. The van der Waals surface area contributed by atoms with Gasteiger partial charge in [0.05, 0.1) is 6.04 Å². The lowest BCUT2D eigenvalue weighted by Crippen LogP contribution is -2.35. The van der Waals surface area contributed by atoms with Gasteiger partial charge in [0.2, 0.25) is 5.89 Å². The fraction of sp³-hybridized carbons (Fsp3) is 0.833. The Hall–Kier alpha value is -1.14. The fourth-order valence-corrected chi connectivity index (χ4v) is 2.18. The number of nitrogens with zero attached hydrogens (tertiary/aromatic N) is 3. The van der Waals surface area contributed by atoms with Crippen LogP contribution >= 0.6 is 0 Å². The van der Waals surface area contributed by atoms with Crippen LogP contribution < -0.4 is 10.2 Å². The molecule has 0 aliphatic carbocycles. The maximum absolute atomic E-state index is 5.68. The Morgan fingerprint density at radius 1 is 1.44 bits per heavy atom. The van der Waals surface area contributed by atoms with Crippen LogP contribution in [0.5, 0.6) is 0 Å². The average molecular weight is 254 g/mol. The quantitative estimate of drug-likeness (QED) is 0.852. The number of hydrogen-bond acceptors (Lipinski definition) is 6. The highest BCUT2D eigenvalue weighted by molar-refractivity contribution is 5.25. The van der Waals surface area contributed by atoms with Crippen LogP contribution in [-0.2, 0) is 4.74 Å². The Bertz CT molecular complexity index is 361. The molecule has 0 radical (unpaired) electrons. The van der Waals surface area contributed by atoms with Gasteiger partial charge in [-0.15, -0.1) is 5.10 Å². The lowest BCUT2D eigenvalue weighted by molar-refractivity contribution is 0.138. The van der Waals surface area contributed by atoms with E-state index in [1.54, 1.807) is 7.11 Å². The number of ether oxygens (including phenoxy) is 1. The first-order valence-electron chi connectivity index (χ1n) is 6.49. The lowest BCUT2D eigenvalue weighted by atomic mass is 9.98. The lowest BCUT2D eigenvalue weighted by Gasteiger charge is -2.30. The minimum absolute atomic E-state index is 0.0947. The Balaban J connectivity index is 1.91. The number of hydrogen-bond donors (Lipinski definition) is 1. The van der Waals surface area contributed by atoms with E-state index in [0.717, 1.165) is 32.5 Å². The first kappa shape index (κ1) is 13.3. The smallest absolute Gasteiger partial charge is 0.318 e. The van der Waals surface area contributed by atoms with Gasteiger partial charge in [-0.1, -0.05) is 5.10 Å². The second kappa shape index (κ2) is 6.15. The van der Waals surface area contributed by atoms with Crippen molar-refractivity contribution in [2.24, 2.45) is 5.92 Å². The molecule has 1 aliphatic heterocycles. The molecule has 1 N–H and O–H groups in total. The number of nitrogens with one attached hydrogen (secondary N) is 1. The molecule has 2 heterocycles. The molecular weight excluding hydrogens is 232 g/mol. The molecule has 18 heavy (non-hydrogen) atoms. The number of methoxy groups -OCH3 is 1. The summed E-state index contributed by atoms with van der Waals surface area (Å²) in [4.78, 5) is 2.16. The molecule has 0 spiro atoms. The van der Waals surface area contributed by atoms with Crippen molar-refractivity contribution >= 4 is 6.01 Å². The molecule has 1 saturated heterocycles. The molecule has 2 rings (SSSR count). The van der Waals surface area contributed by atoms with Gasteiger partial charge in [0, 0.05) is 26.8 Å². The largest absolute Gasteiger partial charge is 0.406 e. The molecule has 6 nitrogen and oxygen atoms in total. The summed E-state index contributed by atoms with van der Waals surface area (Å²) >= 11 is 0. The Labute approximate surface area is 108 Å². The van der Waals surface area contributed by atoms with Crippen LogP contribution in [0, 0.1) is 5.92 Å². The maximum atomic E-state index is 5.68. The minimum atomic E-state index is 0.0947. The monoisotopic (exact) mass is 254 g/mol. The van der Waals surface area contributed by atoms with E-state index in [-0.39, 0.29) is 6.04 Å². The van der Waals surface area contributed by atoms with Crippen molar-refractivity contribution in [3.8, 4) is 0 Å². The zero-order valence-electron chi connectivity index (χ0n) is 11.3. The van der Waals surface area contributed by atoms with E-state index in [1.807, 2.05) is 14.0 Å². The van der Waals surface area contributed by atoms with E-state index < -0.39 is 0 Å². The predicted octanol–water partition coefficient (Wildman–Crippen LogP) is 1.21. The van der Waals surface area contributed by atoms with Crippen molar-refractivity contribution in [1.82, 2.24) is 15.5 Å². The summed E-state index contributed by atoms with van der Waals surface area (Å²) in [7, 11) is 3.64. The molecule has 1 atom stereocenters. The first-order valence-corrected chi connectivity index (χ1v) is 6.49. The molecular formula is C12H22N4O2. The molecule has 1 aromatic heterocycles. The summed E-state index contributed by atoms with van der Waals surface area (Å²) in [5.41, 5.74) is 0. The van der Waals surface area contributed by atoms with E-state index >= 15 is 0 Å². The number of rotatable bonds is 5. The third kappa shape index (κ3) is 3.00. The minimum Gasteiger partial charge on any atom is -0.406 e. The van der Waals surface area contributed by atoms with Crippen molar-refractivity contribution in [3.63, 3.8) is 0 Å². The zero-order valence-corrected chi connectivity index (χ0v) is 11.3. The number of aromatic nitrogens is 2.